The zero-order chi connectivity index (χ0) is 14.8. The van der Waals surface area contributed by atoms with Crippen molar-refractivity contribution < 1.29 is 10.0 Å². The monoisotopic (exact) mass is 282 g/mol. The first kappa shape index (κ1) is 16.2. The fourth-order valence-corrected chi connectivity index (χ4v) is 1.69. The van der Waals surface area contributed by atoms with Crippen LogP contribution >= 0.6 is 0 Å². The van der Waals surface area contributed by atoms with E-state index in [-0.39, 0.29) is 12.3 Å². The number of pyridine rings is 1. The van der Waals surface area contributed by atoms with Crippen LogP contribution in [0.25, 0.3) is 0 Å². The van der Waals surface area contributed by atoms with Crippen LogP contribution in [0, 0.1) is 10.1 Å². The number of hydrogen-bond donors (Lipinski definition) is 3. The standard InChI is InChI=1S/C13H22N4O3/c1-2-6-14-12-9-11(17(19)20)10-13(16-12)15-7-4-3-5-8-18/h9-10,18H,2-8H2,1H3,(H2,14,15,16). The van der Waals surface area contributed by atoms with Crippen molar-refractivity contribution in [1.29, 1.82) is 0 Å². The van der Waals surface area contributed by atoms with Crippen LogP contribution < -0.4 is 10.6 Å². The van der Waals surface area contributed by atoms with E-state index in [9.17, 15) is 10.1 Å². The van der Waals surface area contributed by atoms with Crippen molar-refractivity contribution in [3.8, 4) is 0 Å². The molecule has 3 N–H and O–H groups in total. The minimum absolute atomic E-state index is 0.0245. The first-order valence-corrected chi connectivity index (χ1v) is 6.92. The average Bonchev–Trinajstić information content (AvgIpc) is 2.44. The quantitative estimate of drug-likeness (QED) is 0.346. The molecule has 0 saturated heterocycles. The number of nitrogens with one attached hydrogen (secondary N) is 2. The summed E-state index contributed by atoms with van der Waals surface area (Å²) in [5.74, 6) is 1.01. The van der Waals surface area contributed by atoms with Crippen LogP contribution in [0.5, 0.6) is 0 Å². The molecule has 0 aromatic carbocycles. The molecule has 20 heavy (non-hydrogen) atoms. The lowest BCUT2D eigenvalue weighted by atomic mass is 10.2. The minimum atomic E-state index is -0.421. The fourth-order valence-electron chi connectivity index (χ4n) is 1.69. The summed E-state index contributed by atoms with van der Waals surface area (Å²) in [6, 6.07) is 2.87. The van der Waals surface area contributed by atoms with Gasteiger partial charge in [0.1, 0.15) is 11.6 Å². The Hall–Kier alpha value is -1.89. The largest absolute Gasteiger partial charge is 0.396 e. The van der Waals surface area contributed by atoms with Gasteiger partial charge in [-0.3, -0.25) is 10.1 Å². The number of nitrogens with zero attached hydrogens (tertiary/aromatic N) is 2. The molecule has 0 spiro atoms. The van der Waals surface area contributed by atoms with Gasteiger partial charge in [-0.05, 0) is 25.7 Å². The lowest BCUT2D eigenvalue weighted by molar-refractivity contribution is -0.384. The highest BCUT2D eigenvalue weighted by atomic mass is 16.6. The van der Waals surface area contributed by atoms with E-state index in [0.29, 0.717) is 18.2 Å². The Morgan fingerprint density at radius 3 is 2.40 bits per heavy atom. The number of aliphatic hydroxyl groups excluding tert-OH is 1. The summed E-state index contributed by atoms with van der Waals surface area (Å²) >= 11 is 0. The molecule has 0 aliphatic rings. The molecule has 0 aliphatic carbocycles. The number of hydrogen-bond acceptors (Lipinski definition) is 6. The average molecular weight is 282 g/mol. The molecular weight excluding hydrogens is 260 g/mol. The van der Waals surface area contributed by atoms with E-state index < -0.39 is 4.92 Å². The Labute approximate surface area is 118 Å². The van der Waals surface area contributed by atoms with Crippen LogP contribution in [0.4, 0.5) is 17.3 Å². The van der Waals surface area contributed by atoms with Gasteiger partial charge in [0, 0.05) is 19.7 Å². The summed E-state index contributed by atoms with van der Waals surface area (Å²) in [7, 11) is 0. The van der Waals surface area contributed by atoms with Crippen LogP contribution in [0.2, 0.25) is 0 Å². The predicted octanol–water partition coefficient (Wildman–Crippen LogP) is 2.39. The van der Waals surface area contributed by atoms with Gasteiger partial charge in [0.25, 0.3) is 5.69 Å². The maximum atomic E-state index is 10.9. The van der Waals surface area contributed by atoms with Crippen LogP contribution in [0.1, 0.15) is 32.6 Å². The number of anilines is 2. The molecule has 7 nitrogen and oxygen atoms in total. The second-order valence-electron chi connectivity index (χ2n) is 4.49. The Morgan fingerprint density at radius 1 is 1.20 bits per heavy atom. The molecule has 1 rings (SSSR count). The molecule has 1 heterocycles. The molecule has 0 radical (unpaired) electrons. The molecule has 0 amide bonds. The number of rotatable bonds is 10. The van der Waals surface area contributed by atoms with E-state index in [2.05, 4.69) is 15.6 Å². The third-order valence-corrected chi connectivity index (χ3v) is 2.72. The maximum Gasteiger partial charge on any atom is 0.276 e. The molecule has 1 aromatic rings. The smallest absolute Gasteiger partial charge is 0.276 e. The summed E-state index contributed by atoms with van der Waals surface area (Å²) in [4.78, 5) is 14.8. The first-order valence-electron chi connectivity index (χ1n) is 6.92. The molecule has 0 aliphatic heterocycles. The summed E-state index contributed by atoms with van der Waals surface area (Å²) < 4.78 is 0. The second kappa shape index (κ2) is 9.08. The molecular formula is C13H22N4O3. The van der Waals surface area contributed by atoms with E-state index >= 15 is 0 Å². The van der Waals surface area contributed by atoms with Gasteiger partial charge in [0.05, 0.1) is 17.1 Å². The zero-order valence-corrected chi connectivity index (χ0v) is 11.8. The highest BCUT2D eigenvalue weighted by Gasteiger charge is 2.10. The molecule has 7 heteroatoms. The molecule has 0 atom stereocenters. The second-order valence-corrected chi connectivity index (χ2v) is 4.49. The van der Waals surface area contributed by atoms with Crippen molar-refractivity contribution in [2.45, 2.75) is 32.6 Å². The summed E-state index contributed by atoms with van der Waals surface area (Å²) in [6.07, 6.45) is 3.50. The highest BCUT2D eigenvalue weighted by Crippen LogP contribution is 2.20. The van der Waals surface area contributed by atoms with Crippen molar-refractivity contribution in [2.75, 3.05) is 30.3 Å². The Kier molecular flexibility index (Phi) is 7.34. The molecule has 0 fully saturated rings. The Bertz CT molecular complexity index is 426. The van der Waals surface area contributed by atoms with Gasteiger partial charge in [-0.1, -0.05) is 6.92 Å². The molecule has 1 aromatic heterocycles. The third kappa shape index (κ3) is 5.83. The Morgan fingerprint density at radius 2 is 1.85 bits per heavy atom. The predicted molar refractivity (Wildman–Crippen MR) is 79.1 cm³/mol. The number of unbranched alkanes of at least 4 members (excludes halogenated alkanes) is 2. The topological polar surface area (TPSA) is 100 Å². The van der Waals surface area contributed by atoms with Gasteiger partial charge in [0.2, 0.25) is 0 Å². The number of nitro groups is 1. The van der Waals surface area contributed by atoms with Crippen LogP contribution in [0.15, 0.2) is 12.1 Å². The van der Waals surface area contributed by atoms with E-state index in [0.717, 1.165) is 32.2 Å². The van der Waals surface area contributed by atoms with Crippen LogP contribution in [-0.4, -0.2) is 34.7 Å². The third-order valence-electron chi connectivity index (χ3n) is 2.72. The molecule has 112 valence electrons. The van der Waals surface area contributed by atoms with Crippen LogP contribution in [-0.2, 0) is 0 Å². The van der Waals surface area contributed by atoms with Crippen molar-refractivity contribution >= 4 is 17.3 Å². The van der Waals surface area contributed by atoms with E-state index in [1.54, 1.807) is 0 Å². The van der Waals surface area contributed by atoms with Crippen molar-refractivity contribution in [3.05, 3.63) is 22.2 Å². The fraction of sp³-hybridized carbons (Fsp3) is 0.615. The van der Waals surface area contributed by atoms with Gasteiger partial charge in [0.15, 0.2) is 0 Å². The van der Waals surface area contributed by atoms with Gasteiger partial charge in [-0.2, -0.15) is 0 Å². The van der Waals surface area contributed by atoms with Crippen LogP contribution in [0.3, 0.4) is 0 Å². The van der Waals surface area contributed by atoms with Gasteiger partial charge in [-0.25, -0.2) is 4.98 Å². The highest BCUT2D eigenvalue weighted by molar-refractivity contribution is 5.54. The molecule has 0 bridgehead atoms. The van der Waals surface area contributed by atoms with E-state index in [1.807, 2.05) is 6.92 Å². The van der Waals surface area contributed by atoms with Crippen molar-refractivity contribution in [3.63, 3.8) is 0 Å². The molecule has 0 unspecified atom stereocenters. The zero-order valence-electron chi connectivity index (χ0n) is 11.8. The minimum Gasteiger partial charge on any atom is -0.396 e. The summed E-state index contributed by atoms with van der Waals surface area (Å²) in [5, 5.41) is 25.7. The van der Waals surface area contributed by atoms with Gasteiger partial charge < -0.3 is 15.7 Å². The van der Waals surface area contributed by atoms with E-state index in [1.165, 1.54) is 12.1 Å². The van der Waals surface area contributed by atoms with E-state index in [4.69, 9.17) is 5.11 Å². The van der Waals surface area contributed by atoms with Crippen molar-refractivity contribution in [2.24, 2.45) is 0 Å². The Balaban J connectivity index is 2.63. The van der Waals surface area contributed by atoms with Gasteiger partial charge >= 0.3 is 0 Å². The summed E-state index contributed by atoms with van der Waals surface area (Å²) in [5.41, 5.74) is 0.0245. The number of aromatic nitrogens is 1. The van der Waals surface area contributed by atoms with Gasteiger partial charge in [-0.15, -0.1) is 0 Å². The lowest BCUT2D eigenvalue weighted by Crippen LogP contribution is -2.08. The molecule has 0 saturated carbocycles. The SMILES string of the molecule is CCCNc1cc([N+](=O)[O-])cc(NCCCCCO)n1. The normalized spacial score (nSPS) is 10.3. The lowest BCUT2D eigenvalue weighted by Gasteiger charge is -2.09. The number of aliphatic hydroxyl groups is 1. The first-order chi connectivity index (χ1) is 9.67. The maximum absolute atomic E-state index is 10.9. The van der Waals surface area contributed by atoms with Crippen molar-refractivity contribution in [1.82, 2.24) is 4.98 Å². The summed E-state index contributed by atoms with van der Waals surface area (Å²) in [6.45, 7) is 3.62.